The van der Waals surface area contributed by atoms with Gasteiger partial charge in [-0.05, 0) is 37.5 Å². The molecule has 0 aliphatic heterocycles. The smallest absolute Gasteiger partial charge is 0.251 e. The lowest BCUT2D eigenvalue weighted by molar-refractivity contribution is 0.0963. The average molecular weight is 298 g/mol. The molecule has 5 nitrogen and oxygen atoms in total. The third-order valence-electron chi connectivity index (χ3n) is 3.39. The summed E-state index contributed by atoms with van der Waals surface area (Å²) in [6.07, 6.45) is 1.72. The Kier molecular flexibility index (Phi) is 5.47. The number of aryl methyl sites for hydroxylation is 2. The zero-order chi connectivity index (χ0) is 15.9. The Hall–Kier alpha value is -2.43. The highest BCUT2D eigenvalue weighted by Crippen LogP contribution is 2.09. The molecule has 1 amide bonds. The summed E-state index contributed by atoms with van der Waals surface area (Å²) in [5, 5.41) is 5.96. The van der Waals surface area contributed by atoms with E-state index in [2.05, 4.69) is 27.5 Å². The number of rotatable bonds is 6. The second kappa shape index (κ2) is 7.54. The number of amides is 1. The molecule has 22 heavy (non-hydrogen) atoms. The molecule has 0 spiro atoms. The van der Waals surface area contributed by atoms with E-state index in [0.29, 0.717) is 5.56 Å². The highest BCUT2D eigenvalue weighted by atomic mass is 16.1. The minimum absolute atomic E-state index is 0.0613. The van der Waals surface area contributed by atoms with Crippen molar-refractivity contribution in [1.29, 1.82) is 0 Å². The number of nitrogens with one attached hydrogen (secondary N) is 2. The lowest BCUT2D eigenvalue weighted by Gasteiger charge is -2.09. The number of carbonyl (C=O) groups is 1. The topological polar surface area (TPSA) is 66.9 Å². The maximum atomic E-state index is 11.6. The van der Waals surface area contributed by atoms with Gasteiger partial charge in [0.1, 0.15) is 11.6 Å². The van der Waals surface area contributed by atoms with Crippen LogP contribution in [0.1, 0.15) is 34.4 Å². The highest BCUT2D eigenvalue weighted by Gasteiger charge is 2.04. The van der Waals surface area contributed by atoms with Crippen LogP contribution in [0, 0.1) is 6.92 Å². The van der Waals surface area contributed by atoms with Crippen LogP contribution in [0.15, 0.2) is 30.3 Å². The first-order chi connectivity index (χ1) is 10.6. The summed E-state index contributed by atoms with van der Waals surface area (Å²) in [7, 11) is 1.64. The van der Waals surface area contributed by atoms with Gasteiger partial charge in [-0.1, -0.05) is 19.1 Å². The molecule has 0 bridgehead atoms. The Labute approximate surface area is 131 Å². The minimum Gasteiger partial charge on any atom is -0.370 e. The van der Waals surface area contributed by atoms with Crippen molar-refractivity contribution in [1.82, 2.24) is 15.3 Å². The van der Waals surface area contributed by atoms with Gasteiger partial charge in [-0.3, -0.25) is 4.79 Å². The Bertz CT molecular complexity index is 655. The zero-order valence-corrected chi connectivity index (χ0v) is 13.3. The van der Waals surface area contributed by atoms with Gasteiger partial charge in [0.2, 0.25) is 0 Å². The molecule has 0 fully saturated rings. The molecule has 0 unspecified atom stereocenters. The molecule has 1 aromatic carbocycles. The average Bonchev–Trinajstić information content (AvgIpc) is 2.53. The number of benzene rings is 1. The minimum atomic E-state index is -0.0613. The number of hydrogen-bond donors (Lipinski definition) is 2. The summed E-state index contributed by atoms with van der Waals surface area (Å²) in [5.41, 5.74) is 2.85. The summed E-state index contributed by atoms with van der Waals surface area (Å²) in [6, 6.07) is 9.65. The maximum Gasteiger partial charge on any atom is 0.251 e. The summed E-state index contributed by atoms with van der Waals surface area (Å²) in [4.78, 5) is 20.4. The molecule has 0 atom stereocenters. The van der Waals surface area contributed by atoms with E-state index in [-0.39, 0.29) is 5.91 Å². The second-order valence-corrected chi connectivity index (χ2v) is 5.10. The van der Waals surface area contributed by atoms with Gasteiger partial charge in [-0.2, -0.15) is 0 Å². The Balaban J connectivity index is 1.96. The van der Waals surface area contributed by atoms with Gasteiger partial charge >= 0.3 is 0 Å². The first kappa shape index (κ1) is 15.9. The van der Waals surface area contributed by atoms with Crippen LogP contribution in [-0.4, -0.2) is 29.5 Å². The molecule has 0 radical (unpaired) electrons. The number of nitrogens with zero attached hydrogens (tertiary/aromatic N) is 2. The van der Waals surface area contributed by atoms with Crippen LogP contribution in [0.5, 0.6) is 0 Å². The molecule has 0 aliphatic rings. The molecule has 0 saturated heterocycles. The summed E-state index contributed by atoms with van der Waals surface area (Å²) < 4.78 is 0. The van der Waals surface area contributed by atoms with Gasteiger partial charge in [-0.25, -0.2) is 9.97 Å². The van der Waals surface area contributed by atoms with E-state index in [1.54, 1.807) is 7.05 Å². The molecule has 2 N–H and O–H groups in total. The Morgan fingerprint density at radius 1 is 1.23 bits per heavy atom. The first-order valence-corrected chi connectivity index (χ1v) is 7.52. The van der Waals surface area contributed by atoms with Crippen molar-refractivity contribution in [2.45, 2.75) is 26.7 Å². The van der Waals surface area contributed by atoms with E-state index in [4.69, 9.17) is 0 Å². The predicted molar refractivity (Wildman–Crippen MR) is 88.2 cm³/mol. The molecule has 0 aliphatic carbocycles. The van der Waals surface area contributed by atoms with Crippen LogP contribution < -0.4 is 10.6 Å². The van der Waals surface area contributed by atoms with Crippen molar-refractivity contribution in [3.8, 4) is 0 Å². The summed E-state index contributed by atoms with van der Waals surface area (Å²) in [5.74, 6) is 1.57. The van der Waals surface area contributed by atoms with Crippen LogP contribution >= 0.6 is 0 Å². The number of hydrogen-bond acceptors (Lipinski definition) is 4. The van der Waals surface area contributed by atoms with Gasteiger partial charge < -0.3 is 10.6 Å². The van der Waals surface area contributed by atoms with Gasteiger partial charge in [0, 0.05) is 30.9 Å². The standard InChI is InChI=1S/C17H22N4O/c1-4-15-11-16(21-12(2)20-15)19-9-8-13-6-5-7-14(10-13)17(22)18-3/h5-7,10-11H,4,8-9H2,1-3H3,(H,18,22)(H,19,20,21). The van der Waals surface area contributed by atoms with Crippen molar-refractivity contribution >= 4 is 11.7 Å². The fourth-order valence-corrected chi connectivity index (χ4v) is 2.25. The fourth-order valence-electron chi connectivity index (χ4n) is 2.25. The number of carbonyl (C=O) groups excluding carboxylic acids is 1. The van der Waals surface area contributed by atoms with Crippen LogP contribution in [0.4, 0.5) is 5.82 Å². The molecular formula is C17H22N4O. The lowest BCUT2D eigenvalue weighted by Crippen LogP contribution is -2.18. The van der Waals surface area contributed by atoms with E-state index in [1.165, 1.54) is 0 Å². The molecule has 1 heterocycles. The third-order valence-corrected chi connectivity index (χ3v) is 3.39. The van der Waals surface area contributed by atoms with Crippen LogP contribution in [0.3, 0.4) is 0 Å². The van der Waals surface area contributed by atoms with Crippen LogP contribution in [-0.2, 0) is 12.8 Å². The summed E-state index contributed by atoms with van der Waals surface area (Å²) >= 11 is 0. The predicted octanol–water partition coefficient (Wildman–Crippen LogP) is 2.36. The van der Waals surface area contributed by atoms with Crippen molar-refractivity contribution in [3.63, 3.8) is 0 Å². The Morgan fingerprint density at radius 2 is 2.05 bits per heavy atom. The molecule has 2 aromatic rings. The molecule has 1 aromatic heterocycles. The van der Waals surface area contributed by atoms with Gasteiger partial charge in [0.25, 0.3) is 5.91 Å². The van der Waals surface area contributed by atoms with Crippen LogP contribution in [0.2, 0.25) is 0 Å². The quantitative estimate of drug-likeness (QED) is 0.859. The van der Waals surface area contributed by atoms with Crippen LogP contribution in [0.25, 0.3) is 0 Å². The van der Waals surface area contributed by atoms with Crippen molar-refractivity contribution in [2.75, 3.05) is 18.9 Å². The fraction of sp³-hybridized carbons (Fsp3) is 0.353. The van der Waals surface area contributed by atoms with Crippen molar-refractivity contribution in [3.05, 3.63) is 53.0 Å². The SMILES string of the molecule is CCc1cc(NCCc2cccc(C(=O)NC)c2)nc(C)n1. The molecule has 116 valence electrons. The number of anilines is 1. The molecule has 2 rings (SSSR count). The van der Waals surface area contributed by atoms with Gasteiger partial charge in [-0.15, -0.1) is 0 Å². The van der Waals surface area contributed by atoms with E-state index < -0.39 is 0 Å². The zero-order valence-electron chi connectivity index (χ0n) is 13.3. The monoisotopic (exact) mass is 298 g/mol. The van der Waals surface area contributed by atoms with E-state index in [0.717, 1.165) is 42.3 Å². The summed E-state index contributed by atoms with van der Waals surface area (Å²) in [6.45, 7) is 4.74. The highest BCUT2D eigenvalue weighted by molar-refractivity contribution is 5.94. The molecular weight excluding hydrogens is 276 g/mol. The van der Waals surface area contributed by atoms with E-state index >= 15 is 0 Å². The second-order valence-electron chi connectivity index (χ2n) is 5.10. The maximum absolute atomic E-state index is 11.6. The number of aromatic nitrogens is 2. The van der Waals surface area contributed by atoms with Crippen molar-refractivity contribution in [2.24, 2.45) is 0 Å². The lowest BCUT2D eigenvalue weighted by atomic mass is 10.1. The van der Waals surface area contributed by atoms with E-state index in [1.807, 2.05) is 37.3 Å². The first-order valence-electron chi connectivity index (χ1n) is 7.52. The third kappa shape index (κ3) is 4.28. The largest absolute Gasteiger partial charge is 0.370 e. The van der Waals surface area contributed by atoms with E-state index in [9.17, 15) is 4.79 Å². The normalized spacial score (nSPS) is 10.3. The van der Waals surface area contributed by atoms with Crippen molar-refractivity contribution < 1.29 is 4.79 Å². The molecule has 5 heteroatoms. The van der Waals surface area contributed by atoms with Gasteiger partial charge in [0.15, 0.2) is 0 Å². The molecule has 0 saturated carbocycles. The van der Waals surface area contributed by atoms with Gasteiger partial charge in [0.05, 0.1) is 0 Å². The Morgan fingerprint density at radius 3 is 2.77 bits per heavy atom.